The molecule has 0 atom stereocenters. The van der Waals surface area contributed by atoms with Gasteiger partial charge < -0.3 is 5.32 Å². The second kappa shape index (κ2) is 4.81. The average Bonchev–Trinajstić information content (AvgIpc) is 2.32. The van der Waals surface area contributed by atoms with Crippen LogP contribution in [0.25, 0.3) is 0 Å². The van der Waals surface area contributed by atoms with Crippen LogP contribution in [0.4, 0.5) is 11.4 Å². The molecule has 2 heteroatoms. The van der Waals surface area contributed by atoms with Crippen molar-refractivity contribution in [2.24, 2.45) is 0 Å². The number of benzene rings is 1. The van der Waals surface area contributed by atoms with Crippen molar-refractivity contribution in [3.8, 4) is 0 Å². The second-order valence-corrected chi connectivity index (χ2v) is 5.64. The number of hydrogen-bond acceptors (Lipinski definition) is 2. The fraction of sp³-hybridized carbons (Fsp3) is 0.312. The molecule has 0 fully saturated rings. The first-order valence-corrected chi connectivity index (χ1v) is 6.25. The van der Waals surface area contributed by atoms with Crippen molar-refractivity contribution < 1.29 is 0 Å². The molecule has 0 amide bonds. The minimum Gasteiger partial charge on any atom is -0.354 e. The number of hydrogen-bond donors (Lipinski definition) is 1. The summed E-state index contributed by atoms with van der Waals surface area (Å²) >= 11 is 0. The fourth-order valence-electron chi connectivity index (χ4n) is 1.76. The molecule has 94 valence electrons. The van der Waals surface area contributed by atoms with Gasteiger partial charge in [0.05, 0.1) is 11.9 Å². The van der Waals surface area contributed by atoms with Gasteiger partial charge in [-0.2, -0.15) is 0 Å². The maximum absolute atomic E-state index is 4.27. The Kier molecular flexibility index (Phi) is 3.37. The molecule has 0 bridgehead atoms. The lowest BCUT2D eigenvalue weighted by atomic mass is 9.87. The zero-order valence-electron chi connectivity index (χ0n) is 11.5. The molecule has 0 spiro atoms. The van der Waals surface area contributed by atoms with E-state index < -0.39 is 0 Å². The number of nitrogens with zero attached hydrogens (tertiary/aromatic N) is 1. The van der Waals surface area contributed by atoms with E-state index in [1.807, 2.05) is 25.3 Å². The molecular formula is C16H20N2. The molecule has 0 radical (unpaired) electrons. The molecule has 1 N–H and O–H groups in total. The number of aromatic nitrogens is 1. The number of pyridine rings is 1. The highest BCUT2D eigenvalue weighted by Crippen LogP contribution is 2.24. The molecule has 0 aliphatic heterocycles. The van der Waals surface area contributed by atoms with Crippen molar-refractivity contribution in [3.05, 3.63) is 53.9 Å². The molecular weight excluding hydrogens is 220 g/mol. The third kappa shape index (κ3) is 3.10. The SMILES string of the molecule is Cc1ccc(Nc2ccc(C(C)(C)C)cc2)cn1. The number of anilines is 2. The van der Waals surface area contributed by atoms with Crippen molar-refractivity contribution >= 4 is 11.4 Å². The molecule has 18 heavy (non-hydrogen) atoms. The largest absolute Gasteiger partial charge is 0.354 e. The van der Waals surface area contributed by atoms with Crippen molar-refractivity contribution in [1.82, 2.24) is 4.98 Å². The summed E-state index contributed by atoms with van der Waals surface area (Å²) < 4.78 is 0. The Morgan fingerprint density at radius 2 is 1.50 bits per heavy atom. The third-order valence-electron chi connectivity index (χ3n) is 2.95. The fourth-order valence-corrected chi connectivity index (χ4v) is 1.76. The Morgan fingerprint density at radius 3 is 2.00 bits per heavy atom. The highest BCUT2D eigenvalue weighted by molar-refractivity contribution is 5.59. The average molecular weight is 240 g/mol. The van der Waals surface area contributed by atoms with Crippen molar-refractivity contribution in [3.63, 3.8) is 0 Å². The van der Waals surface area contributed by atoms with Crippen LogP contribution in [0.5, 0.6) is 0 Å². The van der Waals surface area contributed by atoms with Gasteiger partial charge in [-0.15, -0.1) is 0 Å². The van der Waals surface area contributed by atoms with Gasteiger partial charge in [0.1, 0.15) is 0 Å². The predicted octanol–water partition coefficient (Wildman–Crippen LogP) is 4.43. The van der Waals surface area contributed by atoms with Crippen molar-refractivity contribution in [2.75, 3.05) is 5.32 Å². The van der Waals surface area contributed by atoms with Gasteiger partial charge in [0.25, 0.3) is 0 Å². The lowest BCUT2D eigenvalue weighted by Gasteiger charge is -2.19. The first kappa shape index (κ1) is 12.6. The topological polar surface area (TPSA) is 24.9 Å². The molecule has 1 aromatic heterocycles. The lowest BCUT2D eigenvalue weighted by Crippen LogP contribution is -2.10. The normalized spacial score (nSPS) is 11.3. The maximum Gasteiger partial charge on any atom is 0.0570 e. The van der Waals surface area contributed by atoms with Gasteiger partial charge in [-0.25, -0.2) is 0 Å². The van der Waals surface area contributed by atoms with E-state index in [4.69, 9.17) is 0 Å². The molecule has 0 saturated heterocycles. The summed E-state index contributed by atoms with van der Waals surface area (Å²) in [6.45, 7) is 8.65. The monoisotopic (exact) mass is 240 g/mol. The zero-order chi connectivity index (χ0) is 13.2. The van der Waals surface area contributed by atoms with Gasteiger partial charge in [-0.05, 0) is 42.2 Å². The Labute approximate surface area is 109 Å². The minimum absolute atomic E-state index is 0.198. The quantitative estimate of drug-likeness (QED) is 0.840. The highest BCUT2D eigenvalue weighted by Gasteiger charge is 2.12. The summed E-state index contributed by atoms with van der Waals surface area (Å²) in [6.07, 6.45) is 1.85. The summed E-state index contributed by atoms with van der Waals surface area (Å²) in [5, 5.41) is 3.35. The zero-order valence-corrected chi connectivity index (χ0v) is 11.5. The van der Waals surface area contributed by atoms with Crippen LogP contribution in [0.3, 0.4) is 0 Å². The van der Waals surface area contributed by atoms with Crippen LogP contribution in [0.2, 0.25) is 0 Å². The molecule has 0 aliphatic carbocycles. The summed E-state index contributed by atoms with van der Waals surface area (Å²) in [4.78, 5) is 4.27. The van der Waals surface area contributed by atoms with E-state index >= 15 is 0 Å². The lowest BCUT2D eigenvalue weighted by molar-refractivity contribution is 0.590. The van der Waals surface area contributed by atoms with E-state index in [9.17, 15) is 0 Å². The number of aryl methyl sites for hydroxylation is 1. The van der Waals surface area contributed by atoms with Gasteiger partial charge in [0.15, 0.2) is 0 Å². The van der Waals surface area contributed by atoms with Crippen LogP contribution in [-0.2, 0) is 5.41 Å². The van der Waals surface area contributed by atoms with E-state index in [0.29, 0.717) is 0 Å². The summed E-state index contributed by atoms with van der Waals surface area (Å²) in [5.74, 6) is 0. The van der Waals surface area contributed by atoms with Crippen LogP contribution in [0.1, 0.15) is 32.0 Å². The highest BCUT2D eigenvalue weighted by atomic mass is 14.9. The van der Waals surface area contributed by atoms with Crippen molar-refractivity contribution in [1.29, 1.82) is 0 Å². The van der Waals surface area contributed by atoms with Gasteiger partial charge in [-0.3, -0.25) is 4.98 Å². The van der Waals surface area contributed by atoms with E-state index in [1.165, 1.54) is 5.56 Å². The summed E-state index contributed by atoms with van der Waals surface area (Å²) in [6, 6.07) is 12.6. The number of nitrogens with one attached hydrogen (secondary N) is 1. The van der Waals surface area contributed by atoms with Gasteiger partial charge in [0.2, 0.25) is 0 Å². The van der Waals surface area contributed by atoms with E-state index in [-0.39, 0.29) is 5.41 Å². The second-order valence-electron chi connectivity index (χ2n) is 5.64. The standard InChI is InChI=1S/C16H20N2/c1-12-5-8-15(11-17-12)18-14-9-6-13(7-10-14)16(2,3)4/h5-11,18H,1-4H3. The van der Waals surface area contributed by atoms with Crippen LogP contribution in [0, 0.1) is 6.92 Å². The molecule has 2 rings (SSSR count). The molecule has 1 heterocycles. The van der Waals surface area contributed by atoms with Crippen LogP contribution in [-0.4, -0.2) is 4.98 Å². The van der Waals surface area contributed by atoms with Crippen LogP contribution in [0.15, 0.2) is 42.6 Å². The molecule has 2 nitrogen and oxygen atoms in total. The molecule has 0 aliphatic rings. The Balaban J connectivity index is 2.13. The summed E-state index contributed by atoms with van der Waals surface area (Å²) in [5.41, 5.74) is 4.68. The maximum atomic E-state index is 4.27. The summed E-state index contributed by atoms with van der Waals surface area (Å²) in [7, 11) is 0. The first-order chi connectivity index (χ1) is 8.45. The minimum atomic E-state index is 0.198. The molecule has 0 saturated carbocycles. The van der Waals surface area contributed by atoms with E-state index in [2.05, 4.69) is 55.3 Å². The van der Waals surface area contributed by atoms with E-state index in [1.54, 1.807) is 0 Å². The van der Waals surface area contributed by atoms with Gasteiger partial charge in [0, 0.05) is 11.4 Å². The van der Waals surface area contributed by atoms with Crippen LogP contribution < -0.4 is 5.32 Å². The smallest absolute Gasteiger partial charge is 0.0570 e. The van der Waals surface area contributed by atoms with Crippen LogP contribution >= 0.6 is 0 Å². The Morgan fingerprint density at radius 1 is 0.889 bits per heavy atom. The van der Waals surface area contributed by atoms with Crippen molar-refractivity contribution in [2.45, 2.75) is 33.1 Å². The van der Waals surface area contributed by atoms with E-state index in [0.717, 1.165) is 17.1 Å². The molecule has 0 unspecified atom stereocenters. The van der Waals surface area contributed by atoms with Gasteiger partial charge >= 0.3 is 0 Å². The molecule has 2 aromatic rings. The molecule has 1 aromatic carbocycles. The third-order valence-corrected chi connectivity index (χ3v) is 2.95. The Hall–Kier alpha value is -1.83. The Bertz CT molecular complexity index is 504. The first-order valence-electron chi connectivity index (χ1n) is 6.25. The number of rotatable bonds is 2. The predicted molar refractivity (Wildman–Crippen MR) is 77.4 cm³/mol. The van der Waals surface area contributed by atoms with Gasteiger partial charge in [-0.1, -0.05) is 32.9 Å².